The molecule has 1 saturated carbocycles. The van der Waals surface area contributed by atoms with Crippen LogP contribution in [0.15, 0.2) is 12.3 Å². The molecule has 1 N–H and O–H groups in total. The molecule has 1 heterocycles. The molecule has 21 heavy (non-hydrogen) atoms. The number of rotatable bonds is 8. The van der Waals surface area contributed by atoms with Crippen molar-refractivity contribution in [3.63, 3.8) is 0 Å². The zero-order valence-corrected chi connectivity index (χ0v) is 14.1. The van der Waals surface area contributed by atoms with E-state index >= 15 is 0 Å². The lowest BCUT2D eigenvalue weighted by molar-refractivity contribution is 0.211. The molecule has 0 spiro atoms. The largest absolute Gasteiger partial charge is 0.313 e. The Balaban J connectivity index is 1.90. The van der Waals surface area contributed by atoms with Crippen LogP contribution in [0.4, 0.5) is 0 Å². The molecule has 0 bridgehead atoms. The fourth-order valence-electron chi connectivity index (χ4n) is 3.82. The highest BCUT2D eigenvalue weighted by molar-refractivity contribution is 5.02. The third-order valence-corrected chi connectivity index (χ3v) is 5.01. The van der Waals surface area contributed by atoms with Gasteiger partial charge in [-0.2, -0.15) is 5.10 Å². The molecule has 1 aliphatic rings. The van der Waals surface area contributed by atoms with Gasteiger partial charge in [-0.1, -0.05) is 39.5 Å². The molecule has 0 aliphatic heterocycles. The lowest BCUT2D eigenvalue weighted by Crippen LogP contribution is -2.40. The lowest BCUT2D eigenvalue weighted by atomic mass is 9.76. The Morgan fingerprint density at radius 2 is 2.00 bits per heavy atom. The second kappa shape index (κ2) is 8.57. The summed E-state index contributed by atoms with van der Waals surface area (Å²) in [6.45, 7) is 5.70. The topological polar surface area (TPSA) is 29.9 Å². The molecule has 1 aliphatic carbocycles. The number of nitrogens with zero attached hydrogens (tertiary/aromatic N) is 2. The maximum Gasteiger partial charge on any atom is 0.0640 e. The van der Waals surface area contributed by atoms with Gasteiger partial charge in [0, 0.05) is 25.7 Å². The summed E-state index contributed by atoms with van der Waals surface area (Å²) in [5.74, 6) is 1.83. The van der Waals surface area contributed by atoms with Crippen LogP contribution in [0.1, 0.15) is 64.5 Å². The standard InChI is InChI=1S/C18H33N3/c1-4-6-15-7-9-16(10-8-15)18(19-12-5-2)14-17-11-13-21(3)20-17/h11,13,15-16,18-19H,4-10,12,14H2,1-3H3. The second-order valence-corrected chi connectivity index (χ2v) is 6.81. The summed E-state index contributed by atoms with van der Waals surface area (Å²) < 4.78 is 1.92. The number of nitrogens with one attached hydrogen (secondary N) is 1. The average molecular weight is 291 g/mol. The smallest absolute Gasteiger partial charge is 0.0640 e. The van der Waals surface area contributed by atoms with Crippen LogP contribution in [0.25, 0.3) is 0 Å². The first-order chi connectivity index (χ1) is 10.2. The number of aromatic nitrogens is 2. The van der Waals surface area contributed by atoms with E-state index in [1.165, 1.54) is 50.6 Å². The molecule has 3 nitrogen and oxygen atoms in total. The van der Waals surface area contributed by atoms with E-state index in [1.54, 1.807) is 0 Å². The van der Waals surface area contributed by atoms with Gasteiger partial charge in [-0.25, -0.2) is 0 Å². The zero-order valence-electron chi connectivity index (χ0n) is 14.1. The highest BCUT2D eigenvalue weighted by atomic mass is 15.2. The van der Waals surface area contributed by atoms with Crippen molar-refractivity contribution in [1.29, 1.82) is 0 Å². The Morgan fingerprint density at radius 3 is 2.57 bits per heavy atom. The van der Waals surface area contributed by atoms with Crippen LogP contribution in [0, 0.1) is 11.8 Å². The highest BCUT2D eigenvalue weighted by Gasteiger charge is 2.27. The van der Waals surface area contributed by atoms with Crippen molar-refractivity contribution in [1.82, 2.24) is 15.1 Å². The predicted octanol–water partition coefficient (Wildman–Crippen LogP) is 3.94. The van der Waals surface area contributed by atoms with Gasteiger partial charge in [0.15, 0.2) is 0 Å². The van der Waals surface area contributed by atoms with E-state index in [2.05, 4.69) is 36.5 Å². The van der Waals surface area contributed by atoms with Crippen LogP contribution in [-0.2, 0) is 13.5 Å². The highest BCUT2D eigenvalue weighted by Crippen LogP contribution is 2.34. The van der Waals surface area contributed by atoms with Crippen molar-refractivity contribution in [2.75, 3.05) is 6.54 Å². The van der Waals surface area contributed by atoms with Gasteiger partial charge in [-0.3, -0.25) is 4.68 Å². The van der Waals surface area contributed by atoms with Gasteiger partial charge in [0.2, 0.25) is 0 Å². The summed E-state index contributed by atoms with van der Waals surface area (Å²) >= 11 is 0. The maximum absolute atomic E-state index is 4.57. The minimum absolute atomic E-state index is 0.613. The molecule has 0 radical (unpaired) electrons. The Kier molecular flexibility index (Phi) is 6.75. The third kappa shape index (κ3) is 5.14. The van der Waals surface area contributed by atoms with Crippen molar-refractivity contribution < 1.29 is 0 Å². The molecule has 1 unspecified atom stereocenters. The molecular weight excluding hydrogens is 258 g/mol. The SMILES string of the molecule is CCCNC(Cc1ccn(C)n1)C1CCC(CCC)CC1. The number of aryl methyl sites for hydroxylation is 1. The molecule has 0 saturated heterocycles. The van der Waals surface area contributed by atoms with E-state index in [0.717, 1.165) is 24.8 Å². The molecule has 1 fully saturated rings. The van der Waals surface area contributed by atoms with E-state index in [1.807, 2.05) is 11.7 Å². The first-order valence-corrected chi connectivity index (χ1v) is 8.94. The maximum atomic E-state index is 4.57. The van der Waals surface area contributed by atoms with Crippen molar-refractivity contribution in [3.8, 4) is 0 Å². The molecule has 0 amide bonds. The van der Waals surface area contributed by atoms with Gasteiger partial charge in [0.05, 0.1) is 5.69 Å². The van der Waals surface area contributed by atoms with Gasteiger partial charge in [0.1, 0.15) is 0 Å². The van der Waals surface area contributed by atoms with E-state index < -0.39 is 0 Å². The van der Waals surface area contributed by atoms with Crippen LogP contribution in [-0.4, -0.2) is 22.4 Å². The fraction of sp³-hybridized carbons (Fsp3) is 0.833. The van der Waals surface area contributed by atoms with Gasteiger partial charge in [-0.05, 0) is 43.7 Å². The van der Waals surface area contributed by atoms with Crippen LogP contribution in [0.2, 0.25) is 0 Å². The minimum atomic E-state index is 0.613. The fourth-order valence-corrected chi connectivity index (χ4v) is 3.82. The third-order valence-electron chi connectivity index (χ3n) is 5.01. The lowest BCUT2D eigenvalue weighted by Gasteiger charge is -2.34. The van der Waals surface area contributed by atoms with Gasteiger partial charge < -0.3 is 5.32 Å². The average Bonchev–Trinajstić information content (AvgIpc) is 2.90. The Morgan fingerprint density at radius 1 is 1.24 bits per heavy atom. The van der Waals surface area contributed by atoms with Crippen molar-refractivity contribution in [2.45, 2.75) is 71.3 Å². The van der Waals surface area contributed by atoms with Gasteiger partial charge >= 0.3 is 0 Å². The van der Waals surface area contributed by atoms with Crippen molar-refractivity contribution in [3.05, 3.63) is 18.0 Å². The van der Waals surface area contributed by atoms with Crippen LogP contribution in [0.3, 0.4) is 0 Å². The van der Waals surface area contributed by atoms with E-state index in [-0.39, 0.29) is 0 Å². The minimum Gasteiger partial charge on any atom is -0.313 e. The summed E-state index contributed by atoms with van der Waals surface area (Å²) in [7, 11) is 2.01. The van der Waals surface area contributed by atoms with Gasteiger partial charge in [-0.15, -0.1) is 0 Å². The Hall–Kier alpha value is -0.830. The Bertz CT molecular complexity index is 391. The van der Waals surface area contributed by atoms with Crippen molar-refractivity contribution in [2.24, 2.45) is 18.9 Å². The number of hydrogen-bond acceptors (Lipinski definition) is 2. The van der Waals surface area contributed by atoms with Gasteiger partial charge in [0.25, 0.3) is 0 Å². The molecular formula is C18H33N3. The normalized spacial score (nSPS) is 24.1. The molecule has 1 atom stereocenters. The molecule has 3 heteroatoms. The number of hydrogen-bond donors (Lipinski definition) is 1. The molecule has 1 aromatic rings. The summed E-state index contributed by atoms with van der Waals surface area (Å²) in [6, 6.07) is 2.78. The molecule has 120 valence electrons. The molecule has 2 rings (SSSR count). The summed E-state index contributed by atoms with van der Waals surface area (Å²) in [5, 5.41) is 8.37. The summed E-state index contributed by atoms with van der Waals surface area (Å²) in [4.78, 5) is 0. The quantitative estimate of drug-likeness (QED) is 0.786. The summed E-state index contributed by atoms with van der Waals surface area (Å²) in [6.07, 6.45) is 12.8. The molecule has 0 aromatic carbocycles. The molecule has 1 aromatic heterocycles. The first-order valence-electron chi connectivity index (χ1n) is 8.94. The zero-order chi connectivity index (χ0) is 15.1. The second-order valence-electron chi connectivity index (χ2n) is 6.81. The Labute approximate surface area is 130 Å². The predicted molar refractivity (Wildman–Crippen MR) is 89.3 cm³/mol. The van der Waals surface area contributed by atoms with Crippen LogP contribution < -0.4 is 5.32 Å². The van der Waals surface area contributed by atoms with E-state index in [9.17, 15) is 0 Å². The van der Waals surface area contributed by atoms with E-state index in [4.69, 9.17) is 0 Å². The van der Waals surface area contributed by atoms with Crippen LogP contribution in [0.5, 0.6) is 0 Å². The van der Waals surface area contributed by atoms with Crippen molar-refractivity contribution >= 4 is 0 Å². The summed E-state index contributed by atoms with van der Waals surface area (Å²) in [5.41, 5.74) is 1.24. The monoisotopic (exact) mass is 291 g/mol. The first kappa shape index (κ1) is 16.5. The van der Waals surface area contributed by atoms with Crippen LogP contribution >= 0.6 is 0 Å². The van der Waals surface area contributed by atoms with E-state index in [0.29, 0.717) is 6.04 Å².